The molecule has 4 fully saturated rings. The van der Waals surface area contributed by atoms with E-state index in [1.165, 1.54) is 0 Å². The number of piperidine rings is 1. The molecular weight excluding hydrogens is 642 g/mol. The molecule has 48 heavy (non-hydrogen) atoms. The number of aromatic nitrogens is 5. The summed E-state index contributed by atoms with van der Waals surface area (Å²) in [5.41, 5.74) is 1.87. The van der Waals surface area contributed by atoms with Crippen LogP contribution in [0.25, 0.3) is 33.1 Å². The predicted octanol–water partition coefficient (Wildman–Crippen LogP) is 5.86. The fourth-order valence-corrected chi connectivity index (χ4v) is 9.12. The first-order valence-electron chi connectivity index (χ1n) is 17.0. The highest BCUT2D eigenvalue weighted by Gasteiger charge is 2.49. The summed E-state index contributed by atoms with van der Waals surface area (Å²) >= 11 is 6.94. The number of benzene rings is 1. The first-order valence-corrected chi connectivity index (χ1v) is 17.4. The van der Waals surface area contributed by atoms with Gasteiger partial charge in [0.15, 0.2) is 5.82 Å². The van der Waals surface area contributed by atoms with E-state index in [2.05, 4.69) is 25.0 Å². The number of alkyl halides is 1. The average Bonchev–Trinajstić information content (AvgIpc) is 3.34. The number of ether oxygens (including phenoxy) is 2. The lowest BCUT2D eigenvalue weighted by Crippen LogP contribution is -2.49. The molecule has 3 aromatic heterocycles. The van der Waals surface area contributed by atoms with Crippen LogP contribution in [0.4, 0.5) is 19.4 Å². The topological polar surface area (TPSA) is 113 Å². The monoisotopic (exact) mass is 678 g/mol. The molecule has 1 saturated carbocycles. The van der Waals surface area contributed by atoms with Gasteiger partial charge in [-0.2, -0.15) is 15.1 Å². The number of nitrogens with zero attached hydrogens (tertiary/aromatic N) is 7. The summed E-state index contributed by atoms with van der Waals surface area (Å²) in [5.74, 6) is 0.154. The van der Waals surface area contributed by atoms with E-state index in [0.29, 0.717) is 65.2 Å². The Morgan fingerprint density at radius 2 is 2.06 bits per heavy atom. The number of hydrogen-bond acceptors (Lipinski definition) is 9. The number of hydrogen-bond donors (Lipinski definition) is 1. The highest BCUT2D eigenvalue weighted by Crippen LogP contribution is 2.56. The van der Waals surface area contributed by atoms with Gasteiger partial charge in [0.1, 0.15) is 29.8 Å². The van der Waals surface area contributed by atoms with Crippen molar-refractivity contribution in [3.8, 4) is 17.3 Å². The van der Waals surface area contributed by atoms with E-state index < -0.39 is 17.5 Å². The van der Waals surface area contributed by atoms with Gasteiger partial charge >= 0.3 is 12.1 Å². The minimum atomic E-state index is -0.907. The summed E-state index contributed by atoms with van der Waals surface area (Å²) < 4.78 is 43.8. The van der Waals surface area contributed by atoms with Crippen LogP contribution >= 0.6 is 11.6 Å². The standard InChI is InChI=1S/C34H37ClF2N8O3/c1-43-20-4-2-7-44(16-20)31-23-13-38-30(28(37)29(23)40-32(41-31)48-17-34-6-3-8-45(34)15-19(36)12-34)27-22-14-39-42-25(22)11-24(35)26(27)21-10-18(21)5-9-47-33(43)46/h11,13-14,18-21H,2-10,12,15-17H2,1H3,(H,39,42)/t18-,19+,20+,21+,34-/m0/s1. The number of likely N-dealkylation sites (N-methyl/N-ethyl adjacent to an activating group) is 1. The van der Waals surface area contributed by atoms with Gasteiger partial charge in [-0.05, 0) is 68.5 Å². The molecule has 6 aliphatic rings. The van der Waals surface area contributed by atoms with Gasteiger partial charge in [-0.3, -0.25) is 15.0 Å². The van der Waals surface area contributed by atoms with Crippen LogP contribution in [-0.4, -0.2) is 105 Å². The lowest BCUT2D eigenvalue weighted by atomic mass is 9.94. The Hall–Kier alpha value is -3.84. The van der Waals surface area contributed by atoms with Gasteiger partial charge in [0.05, 0.1) is 35.3 Å². The van der Waals surface area contributed by atoms with Crippen LogP contribution in [-0.2, 0) is 4.74 Å². The van der Waals surface area contributed by atoms with Gasteiger partial charge in [0.2, 0.25) is 0 Å². The Kier molecular flexibility index (Phi) is 7.16. The molecule has 1 aromatic carbocycles. The number of halogens is 3. The Balaban J connectivity index is 1.21. The van der Waals surface area contributed by atoms with E-state index in [-0.39, 0.29) is 54.4 Å². The quantitative estimate of drug-likeness (QED) is 0.285. The normalized spacial score (nSPS) is 28.9. The SMILES string of the molecule is CN1C(=O)OCC[C@H]2C[C@H]2c2c(Cl)cc3[nH]ncc3c2-c2ncc3c(nc(OC[C@@]45CCCN4C[C@H](F)C5)nc3c2F)N2CCC[C@@H]1C2. The van der Waals surface area contributed by atoms with Crippen LogP contribution in [0.5, 0.6) is 6.01 Å². The number of carbonyl (C=O) groups excluding carboxylic acids is 1. The number of amides is 1. The van der Waals surface area contributed by atoms with E-state index in [1.54, 1.807) is 24.3 Å². The van der Waals surface area contributed by atoms with Gasteiger partial charge in [-0.25, -0.2) is 13.6 Å². The smallest absolute Gasteiger partial charge is 0.409 e. The van der Waals surface area contributed by atoms with Crippen molar-refractivity contribution in [1.29, 1.82) is 0 Å². The van der Waals surface area contributed by atoms with Crippen molar-refractivity contribution in [2.24, 2.45) is 5.92 Å². The number of rotatable bonds is 3. The molecule has 0 radical (unpaired) electrons. The van der Waals surface area contributed by atoms with Gasteiger partial charge < -0.3 is 19.3 Å². The Bertz CT molecular complexity index is 1940. The largest absolute Gasteiger partial charge is 0.461 e. The van der Waals surface area contributed by atoms with Crippen molar-refractivity contribution in [3.63, 3.8) is 0 Å². The Morgan fingerprint density at radius 1 is 1.17 bits per heavy atom. The first-order chi connectivity index (χ1) is 23.3. The van der Waals surface area contributed by atoms with E-state index in [0.717, 1.165) is 44.2 Å². The van der Waals surface area contributed by atoms with Crippen molar-refractivity contribution in [2.75, 3.05) is 51.3 Å². The molecule has 5 atom stereocenters. The second-order valence-corrected chi connectivity index (χ2v) is 14.6. The second-order valence-electron chi connectivity index (χ2n) is 14.2. The van der Waals surface area contributed by atoms with Crippen molar-refractivity contribution < 1.29 is 23.0 Å². The molecule has 252 valence electrons. The van der Waals surface area contributed by atoms with E-state index >= 15 is 4.39 Å². The molecule has 0 spiro atoms. The number of fused-ring (bicyclic) bond motifs is 7. The van der Waals surface area contributed by atoms with Crippen LogP contribution in [0.1, 0.15) is 56.4 Å². The molecule has 1 aliphatic carbocycles. The molecule has 8 heterocycles. The average molecular weight is 679 g/mol. The maximum atomic E-state index is 17.2. The number of carbonyl (C=O) groups is 1. The van der Waals surface area contributed by atoms with Crippen LogP contribution < -0.4 is 9.64 Å². The predicted molar refractivity (Wildman–Crippen MR) is 176 cm³/mol. The molecule has 1 N–H and O–H groups in total. The molecule has 6 bridgehead atoms. The molecule has 0 unspecified atom stereocenters. The molecule has 3 saturated heterocycles. The van der Waals surface area contributed by atoms with Gasteiger partial charge in [0, 0.05) is 55.3 Å². The summed E-state index contributed by atoms with van der Waals surface area (Å²) in [5, 5.41) is 8.88. The zero-order valence-electron chi connectivity index (χ0n) is 26.7. The molecule has 10 rings (SSSR count). The van der Waals surface area contributed by atoms with Gasteiger partial charge in [-0.1, -0.05) is 11.6 Å². The third-order valence-corrected chi connectivity index (χ3v) is 11.7. The summed E-state index contributed by atoms with van der Waals surface area (Å²) in [6.45, 7) is 2.85. The van der Waals surface area contributed by atoms with Crippen molar-refractivity contribution in [2.45, 2.75) is 68.6 Å². The van der Waals surface area contributed by atoms with E-state index in [1.807, 2.05) is 6.07 Å². The second kappa shape index (κ2) is 11.4. The third kappa shape index (κ3) is 4.87. The summed E-state index contributed by atoms with van der Waals surface area (Å²) in [4.78, 5) is 33.4. The lowest BCUT2D eigenvalue weighted by Gasteiger charge is -2.38. The van der Waals surface area contributed by atoms with E-state index in [9.17, 15) is 9.18 Å². The van der Waals surface area contributed by atoms with Crippen molar-refractivity contribution >= 4 is 45.3 Å². The molecule has 4 aromatic rings. The fourth-order valence-electron chi connectivity index (χ4n) is 8.77. The minimum absolute atomic E-state index is 0.0342. The Morgan fingerprint density at radius 3 is 2.96 bits per heavy atom. The van der Waals surface area contributed by atoms with Crippen molar-refractivity contribution in [3.05, 3.63) is 34.9 Å². The number of anilines is 1. The third-order valence-electron chi connectivity index (χ3n) is 11.4. The minimum Gasteiger partial charge on any atom is -0.461 e. The highest BCUT2D eigenvalue weighted by atomic mass is 35.5. The number of pyridine rings is 1. The van der Waals surface area contributed by atoms with Crippen molar-refractivity contribution in [1.82, 2.24) is 34.9 Å². The molecule has 5 aliphatic heterocycles. The first kappa shape index (κ1) is 30.2. The van der Waals surface area contributed by atoms with Crippen LogP contribution in [0.2, 0.25) is 5.02 Å². The maximum absolute atomic E-state index is 17.2. The zero-order valence-corrected chi connectivity index (χ0v) is 27.5. The fraction of sp³-hybridized carbons (Fsp3) is 0.559. The molecular formula is C34H37ClF2N8O3. The Labute approximate surface area is 280 Å². The lowest BCUT2D eigenvalue weighted by molar-refractivity contribution is 0.0912. The summed E-state index contributed by atoms with van der Waals surface area (Å²) in [7, 11) is 1.77. The zero-order chi connectivity index (χ0) is 32.7. The van der Waals surface area contributed by atoms with Gasteiger partial charge in [0.25, 0.3) is 0 Å². The van der Waals surface area contributed by atoms with Crippen LogP contribution in [0.15, 0.2) is 18.5 Å². The summed E-state index contributed by atoms with van der Waals surface area (Å²) in [6.07, 6.45) is 7.33. The number of aromatic amines is 1. The number of H-pyrrole nitrogens is 1. The molecule has 14 heteroatoms. The molecule has 11 nitrogen and oxygen atoms in total. The van der Waals surface area contributed by atoms with Crippen LogP contribution in [0, 0.1) is 11.7 Å². The maximum Gasteiger partial charge on any atom is 0.409 e. The van der Waals surface area contributed by atoms with Crippen LogP contribution in [0.3, 0.4) is 0 Å². The highest BCUT2D eigenvalue weighted by molar-refractivity contribution is 6.33. The molecule has 1 amide bonds. The van der Waals surface area contributed by atoms with Gasteiger partial charge in [-0.15, -0.1) is 0 Å². The number of nitrogens with one attached hydrogen (secondary N) is 1. The summed E-state index contributed by atoms with van der Waals surface area (Å²) in [6, 6.07) is 1.72. The van der Waals surface area contributed by atoms with E-state index in [4.69, 9.17) is 31.0 Å².